The number of hydrogen-bond donors (Lipinski definition) is 0. The Hall–Kier alpha value is -6.44. The predicted molar refractivity (Wildman–Crippen MR) is 338 cm³/mol. The summed E-state index contributed by atoms with van der Waals surface area (Å²) in [6.45, 7) is 34.5. The second-order valence-corrected chi connectivity index (χ2v) is 26.1. The number of hydrogen-bond acceptors (Lipinski definition) is 12. The summed E-state index contributed by atoms with van der Waals surface area (Å²) in [6.07, 6.45) is 9.80. The Morgan fingerprint density at radius 1 is 0.400 bits per heavy atom. The fourth-order valence-electron chi connectivity index (χ4n) is 12.3. The number of rotatable bonds is 5. The zero-order chi connectivity index (χ0) is 60.5. The van der Waals surface area contributed by atoms with Gasteiger partial charge in [0.25, 0.3) is 0 Å². The highest BCUT2D eigenvalue weighted by Gasteiger charge is 2.31. The maximum atomic E-state index is 6.98. The lowest BCUT2D eigenvalue weighted by molar-refractivity contribution is 0.0543. The van der Waals surface area contributed by atoms with Gasteiger partial charge in [0.05, 0.1) is 58.8 Å². The largest absolute Gasteiger partial charge is 0.495 e. The second kappa shape index (κ2) is 30.3. The van der Waals surface area contributed by atoms with Gasteiger partial charge in [-0.15, -0.1) is 6.58 Å². The molecular weight excluding hydrogens is 1070 g/mol. The number of allylic oxidation sites excluding steroid dienone is 4. The molecule has 1 unspecified atom stereocenters. The molecule has 85 heavy (non-hydrogen) atoms. The third-order valence-electron chi connectivity index (χ3n) is 15.5. The Morgan fingerprint density at radius 3 is 1.15 bits per heavy atom. The Morgan fingerprint density at radius 2 is 0.753 bits per heavy atom. The van der Waals surface area contributed by atoms with Gasteiger partial charge in [-0.3, -0.25) is 0 Å². The minimum atomic E-state index is -0.428. The predicted octanol–water partition coefficient (Wildman–Crippen LogP) is 15.1. The molecule has 460 valence electrons. The standard InChI is InChI=1S/C73H96O12/c1-13-52-44-53-18-15-19-54-46-55-20-16-21-56-47-57-22-17-23-61(69(57)85-43-35-77-32-40-82-66-49-59(73(11,12)51-71(6,7)8)25-27-63(66)78-36-28-75-33-41-83-67(53)54)60(14-2)64(45-52)80-38-30-74-31-39-81-65-48-58(72(9,10)50-70(3,4)5)24-26-62(65)79-37-29-76-34-42-84-68(55)56/h13-27,45,48-49,60H,2,28-44,46-47,50-51H2,1,3-12H3/b52-13-,64-45+. The van der Waals surface area contributed by atoms with Crippen LogP contribution < -0.4 is 33.2 Å². The van der Waals surface area contributed by atoms with E-state index in [1.165, 1.54) is 11.1 Å². The third kappa shape index (κ3) is 18.8. The molecule has 10 bridgehead atoms. The van der Waals surface area contributed by atoms with E-state index in [9.17, 15) is 0 Å². The minimum absolute atomic E-state index is 0.0952. The van der Waals surface area contributed by atoms with E-state index in [4.69, 9.17) is 56.8 Å². The molecule has 0 fully saturated rings. The van der Waals surface area contributed by atoms with Gasteiger partial charge < -0.3 is 56.8 Å². The minimum Gasteiger partial charge on any atom is -0.495 e. The van der Waals surface area contributed by atoms with Crippen molar-refractivity contribution in [3.63, 3.8) is 0 Å². The van der Waals surface area contributed by atoms with Crippen LogP contribution in [0.5, 0.6) is 40.2 Å². The van der Waals surface area contributed by atoms with Gasteiger partial charge in [0.1, 0.15) is 75.9 Å². The summed E-state index contributed by atoms with van der Waals surface area (Å²) in [5.74, 6) is 5.27. The summed E-state index contributed by atoms with van der Waals surface area (Å²) in [6, 6.07) is 31.7. The van der Waals surface area contributed by atoms with Gasteiger partial charge in [-0.05, 0) is 116 Å². The zero-order valence-corrected chi connectivity index (χ0v) is 52.9. The quantitative estimate of drug-likeness (QED) is 0.123. The molecule has 0 N–H and O–H groups in total. The summed E-state index contributed by atoms with van der Waals surface area (Å²) in [7, 11) is 0. The molecule has 1 atom stereocenters. The van der Waals surface area contributed by atoms with Crippen LogP contribution in [0.1, 0.15) is 139 Å². The highest BCUT2D eigenvalue weighted by molar-refractivity contribution is 5.55. The van der Waals surface area contributed by atoms with Gasteiger partial charge in [0.2, 0.25) is 0 Å². The van der Waals surface area contributed by atoms with Gasteiger partial charge in [-0.25, -0.2) is 0 Å². The average Bonchev–Trinajstić information content (AvgIpc) is 3.13. The average molecular weight is 1170 g/mol. The van der Waals surface area contributed by atoms with Gasteiger partial charge in [0, 0.05) is 24.8 Å². The fraction of sp³-hybridized carbons (Fsp3) is 0.507. The molecule has 4 aliphatic rings. The molecule has 3 aliphatic heterocycles. The Balaban J connectivity index is 1.16. The topological polar surface area (TPSA) is 111 Å². The maximum Gasteiger partial charge on any atom is 0.161 e. The first-order chi connectivity index (χ1) is 40.8. The van der Waals surface area contributed by atoms with Crippen molar-refractivity contribution in [1.82, 2.24) is 0 Å². The molecule has 1 aliphatic carbocycles. The van der Waals surface area contributed by atoms with Crippen molar-refractivity contribution in [3.8, 4) is 40.2 Å². The van der Waals surface area contributed by atoms with Gasteiger partial charge in [-0.2, -0.15) is 0 Å². The fourth-order valence-corrected chi connectivity index (χ4v) is 12.3. The summed E-state index contributed by atoms with van der Waals surface area (Å²) < 4.78 is 78.5. The third-order valence-corrected chi connectivity index (χ3v) is 15.5. The lowest BCUT2D eigenvalue weighted by Gasteiger charge is -2.33. The number of para-hydroxylation sites is 3. The van der Waals surface area contributed by atoms with Gasteiger partial charge >= 0.3 is 0 Å². The zero-order valence-electron chi connectivity index (χ0n) is 52.9. The van der Waals surface area contributed by atoms with Crippen LogP contribution in [0.2, 0.25) is 0 Å². The van der Waals surface area contributed by atoms with Crippen LogP contribution in [0.15, 0.2) is 127 Å². The monoisotopic (exact) mass is 1160 g/mol. The molecule has 12 nitrogen and oxygen atoms in total. The van der Waals surface area contributed by atoms with Crippen LogP contribution in [-0.4, -0.2) is 106 Å². The lowest BCUT2D eigenvalue weighted by atomic mass is 9.72. The van der Waals surface area contributed by atoms with E-state index in [0.717, 1.165) is 69.0 Å². The van der Waals surface area contributed by atoms with E-state index in [2.05, 4.69) is 174 Å². The van der Waals surface area contributed by atoms with Crippen LogP contribution in [0, 0.1) is 10.8 Å². The first-order valence-electron chi connectivity index (χ1n) is 30.8. The van der Waals surface area contributed by atoms with Crippen LogP contribution in [0.3, 0.4) is 0 Å². The van der Waals surface area contributed by atoms with E-state index in [1.54, 1.807) is 0 Å². The van der Waals surface area contributed by atoms with Crippen molar-refractivity contribution in [1.29, 1.82) is 0 Å². The van der Waals surface area contributed by atoms with Crippen LogP contribution >= 0.6 is 0 Å². The summed E-state index contributed by atoms with van der Waals surface area (Å²) in [5, 5.41) is 0. The van der Waals surface area contributed by atoms with Crippen molar-refractivity contribution >= 4 is 0 Å². The molecule has 5 aromatic rings. The molecule has 0 amide bonds. The Bertz CT molecular complexity index is 3030. The molecular formula is C73H96O12. The molecule has 0 spiro atoms. The highest BCUT2D eigenvalue weighted by Crippen LogP contribution is 2.44. The lowest BCUT2D eigenvalue weighted by Crippen LogP contribution is -2.25. The van der Waals surface area contributed by atoms with Crippen molar-refractivity contribution in [2.75, 3.05) is 106 Å². The van der Waals surface area contributed by atoms with E-state index in [1.807, 2.05) is 18.2 Å². The van der Waals surface area contributed by atoms with E-state index < -0.39 is 5.92 Å². The first kappa shape index (κ1) is 64.6. The number of fused-ring (bicyclic) bond motifs is 15. The molecule has 12 heteroatoms. The second-order valence-electron chi connectivity index (χ2n) is 26.1. The van der Waals surface area contributed by atoms with Gasteiger partial charge in [-0.1, -0.05) is 148 Å². The van der Waals surface area contributed by atoms with E-state index in [0.29, 0.717) is 141 Å². The molecule has 3 heterocycles. The molecule has 0 radical (unpaired) electrons. The van der Waals surface area contributed by atoms with Gasteiger partial charge in [0.15, 0.2) is 23.0 Å². The summed E-state index contributed by atoms with van der Waals surface area (Å²) in [5.41, 5.74) is 9.42. The van der Waals surface area contributed by atoms with E-state index in [-0.39, 0.29) is 34.9 Å². The molecule has 9 rings (SSSR count). The van der Waals surface area contributed by atoms with E-state index >= 15 is 0 Å². The Labute approximate surface area is 508 Å². The van der Waals surface area contributed by atoms with Crippen LogP contribution in [-0.2, 0) is 53.8 Å². The van der Waals surface area contributed by atoms with Crippen molar-refractivity contribution in [3.05, 3.63) is 172 Å². The maximum absolute atomic E-state index is 6.98. The van der Waals surface area contributed by atoms with Crippen molar-refractivity contribution in [2.45, 2.75) is 125 Å². The smallest absolute Gasteiger partial charge is 0.161 e. The SMILES string of the molecule is C=CC1/C2=C\C(=C/C)Cc3cccc4c3OCCOCCOc3ccc(C(C)(C)CC(C)(C)C)cc3OCCOCCOc3c(cccc31)Cc1cccc(c1OCCOCCOc1ccc(C(C)(C)CC(C)(C)C)cc1OCCOCCO2)C4. The van der Waals surface area contributed by atoms with Crippen molar-refractivity contribution in [2.24, 2.45) is 10.8 Å². The van der Waals surface area contributed by atoms with Crippen molar-refractivity contribution < 1.29 is 56.8 Å². The normalized spacial score (nSPS) is 19.2. The molecule has 5 aromatic carbocycles. The first-order valence-corrected chi connectivity index (χ1v) is 30.8. The Kier molecular flexibility index (Phi) is 23.0. The van der Waals surface area contributed by atoms with Crippen LogP contribution in [0.25, 0.3) is 0 Å². The number of benzene rings is 5. The van der Waals surface area contributed by atoms with Crippen LogP contribution in [0.4, 0.5) is 0 Å². The highest BCUT2D eigenvalue weighted by atomic mass is 16.6. The summed E-state index contributed by atoms with van der Waals surface area (Å²) in [4.78, 5) is 0. The summed E-state index contributed by atoms with van der Waals surface area (Å²) >= 11 is 0. The number of ether oxygens (including phenoxy) is 12. The molecule has 0 aromatic heterocycles. The molecule has 0 saturated heterocycles. The molecule has 0 saturated carbocycles.